The number of hydrogen-bond donors (Lipinski definition) is 4. The zero-order valence-electron chi connectivity index (χ0n) is 39.9. The van der Waals surface area contributed by atoms with Crippen LogP contribution in [0.4, 0.5) is 11.4 Å². The number of anilines is 2. The number of hydrogen-bond acceptors (Lipinski definition) is 10. The first-order chi connectivity index (χ1) is 32.4. The molecule has 350 valence electrons. The fourth-order valence-electron chi connectivity index (χ4n) is 9.93. The SMILES string of the molecule is COc1ccc([C@@H](C)NC(=O)c2cc(N3CCNCC3)ccc2C)cc1-c1cnn(Cc2cc(C)c(C(=O)N[C@H](C)c3ccc(OC)c(-c4cnn(C)c4)c3)cc2N2CCC3(CC2)CNC3)c1. The van der Waals surface area contributed by atoms with Gasteiger partial charge >= 0.3 is 0 Å². The smallest absolute Gasteiger partial charge is 0.252 e. The van der Waals surface area contributed by atoms with Crippen LogP contribution in [0.15, 0.2) is 91.5 Å². The minimum Gasteiger partial charge on any atom is -0.496 e. The zero-order chi connectivity index (χ0) is 46.8. The van der Waals surface area contributed by atoms with Gasteiger partial charge in [0.25, 0.3) is 11.8 Å². The summed E-state index contributed by atoms with van der Waals surface area (Å²) in [6.07, 6.45) is 9.91. The number of carbonyl (C=O) groups is 2. The Balaban J connectivity index is 0.949. The number of ether oxygens (including phenoxy) is 2. The van der Waals surface area contributed by atoms with Gasteiger partial charge in [-0.1, -0.05) is 24.3 Å². The molecule has 0 radical (unpaired) electrons. The van der Waals surface area contributed by atoms with Crippen LogP contribution in [0.25, 0.3) is 22.3 Å². The molecule has 3 fully saturated rings. The first kappa shape index (κ1) is 45.5. The Morgan fingerprint density at radius 2 is 1.30 bits per heavy atom. The topological polar surface area (TPSA) is 143 Å². The van der Waals surface area contributed by atoms with Crippen LogP contribution in [0, 0.1) is 19.3 Å². The number of aryl methyl sites for hydroxylation is 3. The van der Waals surface area contributed by atoms with Gasteiger partial charge in [-0.25, -0.2) is 0 Å². The average Bonchev–Trinajstić information content (AvgIpc) is 3.99. The van der Waals surface area contributed by atoms with Gasteiger partial charge in [-0.05, 0) is 116 Å². The van der Waals surface area contributed by atoms with Crippen LogP contribution in [0.5, 0.6) is 11.5 Å². The van der Waals surface area contributed by atoms with E-state index in [0.29, 0.717) is 23.1 Å². The van der Waals surface area contributed by atoms with Gasteiger partial charge in [0.05, 0.1) is 45.2 Å². The molecule has 3 aliphatic heterocycles. The minimum atomic E-state index is -0.265. The first-order valence-electron chi connectivity index (χ1n) is 23.6. The van der Waals surface area contributed by atoms with Crippen molar-refractivity contribution in [3.63, 3.8) is 0 Å². The number of aromatic nitrogens is 4. The highest BCUT2D eigenvalue weighted by molar-refractivity contribution is 5.98. The molecule has 6 aromatic rings. The van der Waals surface area contributed by atoms with Gasteiger partial charge in [-0.3, -0.25) is 19.0 Å². The van der Waals surface area contributed by atoms with Crippen LogP contribution >= 0.6 is 0 Å². The van der Waals surface area contributed by atoms with Crippen LogP contribution < -0.4 is 40.5 Å². The van der Waals surface area contributed by atoms with Gasteiger partial charge in [0.15, 0.2) is 0 Å². The molecule has 4 N–H and O–H groups in total. The number of benzene rings is 4. The van der Waals surface area contributed by atoms with Crippen LogP contribution in [0.2, 0.25) is 0 Å². The second kappa shape index (κ2) is 19.3. The van der Waals surface area contributed by atoms with Gasteiger partial charge in [0.2, 0.25) is 0 Å². The number of piperazine rings is 1. The van der Waals surface area contributed by atoms with Gasteiger partial charge in [-0.2, -0.15) is 10.2 Å². The Kier molecular flexibility index (Phi) is 13.1. The molecular weight excluding hydrogens is 841 g/mol. The van der Waals surface area contributed by atoms with Crippen molar-refractivity contribution in [2.75, 3.05) is 76.4 Å². The van der Waals surface area contributed by atoms with E-state index in [9.17, 15) is 9.59 Å². The van der Waals surface area contributed by atoms with Crippen molar-refractivity contribution in [2.45, 2.75) is 59.2 Å². The minimum absolute atomic E-state index is 0.0999. The molecule has 67 heavy (non-hydrogen) atoms. The molecule has 5 heterocycles. The van der Waals surface area contributed by atoms with E-state index in [0.717, 1.165) is 138 Å². The quantitative estimate of drug-likeness (QED) is 0.0886. The Morgan fingerprint density at radius 3 is 1.87 bits per heavy atom. The molecule has 1 spiro atoms. The molecule has 9 rings (SSSR count). The van der Waals surface area contributed by atoms with Gasteiger partial charge in [-0.15, -0.1) is 0 Å². The fourth-order valence-corrected chi connectivity index (χ4v) is 9.93. The average molecular weight is 905 g/mol. The Morgan fingerprint density at radius 1 is 0.701 bits per heavy atom. The van der Waals surface area contributed by atoms with E-state index in [4.69, 9.17) is 14.6 Å². The maximum atomic E-state index is 14.3. The van der Waals surface area contributed by atoms with Crippen molar-refractivity contribution in [3.05, 3.63) is 130 Å². The standard InChI is InChI=1S/C53H64N10O4/c1-34-8-11-43(61-20-16-54-17-21-61)25-44(34)51(64)58-36(3)39-10-13-50(67-7)47(24-39)42-28-57-63(31-42)30-40-22-35(2)45(26-48(40)62-18-14-53(15-19-62)32-55-33-53)52(65)59-37(4)38-9-12-49(66-6)46(23-38)41-27-56-60(5)29-41/h8-13,22-29,31,36-37,54-55H,14-21,30,32-33H2,1-7H3,(H,58,64)(H,59,65)/t36-,37-/m1/s1. The monoisotopic (exact) mass is 905 g/mol. The van der Waals surface area contributed by atoms with Crippen molar-refractivity contribution in [3.8, 4) is 33.8 Å². The first-order valence-corrected chi connectivity index (χ1v) is 23.6. The highest BCUT2D eigenvalue weighted by Crippen LogP contribution is 2.39. The molecule has 2 atom stereocenters. The summed E-state index contributed by atoms with van der Waals surface area (Å²) in [6, 6.07) is 22.0. The van der Waals surface area contributed by atoms with Crippen molar-refractivity contribution >= 4 is 23.2 Å². The summed E-state index contributed by atoms with van der Waals surface area (Å²) in [4.78, 5) is 32.8. The van der Waals surface area contributed by atoms with E-state index in [1.165, 1.54) is 0 Å². The maximum Gasteiger partial charge on any atom is 0.252 e. The van der Waals surface area contributed by atoms with Crippen LogP contribution in [0.1, 0.15) is 87.3 Å². The lowest BCUT2D eigenvalue weighted by molar-refractivity contribution is 0.0930. The molecule has 0 saturated carbocycles. The highest BCUT2D eigenvalue weighted by Gasteiger charge is 2.40. The molecule has 14 nitrogen and oxygen atoms in total. The van der Waals surface area contributed by atoms with E-state index in [-0.39, 0.29) is 23.9 Å². The van der Waals surface area contributed by atoms with Crippen molar-refractivity contribution in [2.24, 2.45) is 12.5 Å². The second-order valence-electron chi connectivity index (χ2n) is 18.8. The van der Waals surface area contributed by atoms with Gasteiger partial charge < -0.3 is 40.5 Å². The summed E-state index contributed by atoms with van der Waals surface area (Å²) in [5, 5.41) is 22.7. The van der Waals surface area contributed by atoms with E-state index in [1.54, 1.807) is 18.9 Å². The van der Waals surface area contributed by atoms with Gasteiger partial charge in [0, 0.05) is 117 Å². The Bertz CT molecular complexity index is 2760. The second-order valence-corrected chi connectivity index (χ2v) is 18.8. The molecule has 4 aromatic carbocycles. The number of nitrogens with one attached hydrogen (secondary N) is 4. The largest absolute Gasteiger partial charge is 0.496 e. The third-order valence-corrected chi connectivity index (χ3v) is 14.2. The molecule has 0 aliphatic carbocycles. The molecule has 2 aromatic heterocycles. The molecule has 0 bridgehead atoms. The predicted octanol–water partition coefficient (Wildman–Crippen LogP) is 7.21. The zero-order valence-corrected chi connectivity index (χ0v) is 39.9. The van der Waals surface area contributed by atoms with Crippen LogP contribution in [0.3, 0.4) is 0 Å². The number of rotatable bonds is 14. The molecule has 14 heteroatoms. The summed E-state index contributed by atoms with van der Waals surface area (Å²) in [5.41, 5.74) is 12.4. The summed E-state index contributed by atoms with van der Waals surface area (Å²) >= 11 is 0. The van der Waals surface area contributed by atoms with Crippen LogP contribution in [-0.4, -0.2) is 98.0 Å². The summed E-state index contributed by atoms with van der Waals surface area (Å²) in [7, 11) is 5.23. The molecule has 0 unspecified atom stereocenters. The maximum absolute atomic E-state index is 14.3. The molecule has 3 aliphatic rings. The lowest BCUT2D eigenvalue weighted by Gasteiger charge is -2.49. The lowest BCUT2D eigenvalue weighted by atomic mass is 9.73. The third kappa shape index (κ3) is 9.64. The lowest BCUT2D eigenvalue weighted by Crippen LogP contribution is -2.58. The normalized spacial score (nSPS) is 16.6. The summed E-state index contributed by atoms with van der Waals surface area (Å²) < 4.78 is 15.3. The summed E-state index contributed by atoms with van der Waals surface area (Å²) in [6.45, 7) is 16.2. The van der Waals surface area contributed by atoms with Crippen molar-refractivity contribution < 1.29 is 19.1 Å². The number of nitrogens with zero attached hydrogens (tertiary/aromatic N) is 6. The van der Waals surface area contributed by atoms with E-state index >= 15 is 0 Å². The molecular formula is C53H64N10O4. The number of piperidine rings is 1. The number of carbonyl (C=O) groups excluding carboxylic acids is 2. The van der Waals surface area contributed by atoms with E-state index < -0.39 is 0 Å². The van der Waals surface area contributed by atoms with Gasteiger partial charge in [0.1, 0.15) is 11.5 Å². The molecule has 3 saturated heterocycles. The predicted molar refractivity (Wildman–Crippen MR) is 264 cm³/mol. The molecule has 2 amide bonds. The Labute approximate surface area is 394 Å². The summed E-state index contributed by atoms with van der Waals surface area (Å²) in [5.74, 6) is 1.25. The highest BCUT2D eigenvalue weighted by atomic mass is 16.5. The van der Waals surface area contributed by atoms with E-state index in [1.807, 2.05) is 94.4 Å². The Hall–Kier alpha value is -6.64. The van der Waals surface area contributed by atoms with Crippen molar-refractivity contribution in [1.82, 2.24) is 40.8 Å². The number of methoxy groups -OCH3 is 2. The van der Waals surface area contributed by atoms with E-state index in [2.05, 4.69) is 72.7 Å². The van der Waals surface area contributed by atoms with Crippen LogP contribution in [-0.2, 0) is 13.6 Å². The third-order valence-electron chi connectivity index (χ3n) is 14.2. The fraction of sp³-hybridized carbons (Fsp3) is 0.396. The van der Waals surface area contributed by atoms with Crippen molar-refractivity contribution in [1.29, 1.82) is 0 Å². The number of amides is 2.